The van der Waals surface area contributed by atoms with Gasteiger partial charge in [-0.2, -0.15) is 5.26 Å². The molecule has 4 nitrogen and oxygen atoms in total. The summed E-state index contributed by atoms with van der Waals surface area (Å²) in [5.74, 6) is 0. The van der Waals surface area contributed by atoms with Gasteiger partial charge in [-0.25, -0.2) is 0 Å². The summed E-state index contributed by atoms with van der Waals surface area (Å²) in [6.07, 6.45) is 2.85. The van der Waals surface area contributed by atoms with E-state index >= 15 is 0 Å². The van der Waals surface area contributed by atoms with E-state index in [0.717, 1.165) is 19.7 Å². The van der Waals surface area contributed by atoms with Crippen molar-refractivity contribution >= 4 is 0 Å². The molecule has 0 aromatic carbocycles. The van der Waals surface area contributed by atoms with E-state index in [1.54, 1.807) is 0 Å². The fourth-order valence-corrected chi connectivity index (χ4v) is 2.36. The molecule has 2 heterocycles. The standard InChI is InChI=1S/C11H19N3O/c1-9(5-12)13-6-11-7-14-4-2-3-10(14)8-15-11/h9-11,13H,2-4,6-8H2,1H3. The Kier molecular flexibility index (Phi) is 3.57. The number of fused-ring (bicyclic) bond motifs is 1. The first kappa shape index (κ1) is 10.9. The smallest absolute Gasteiger partial charge is 0.0925 e. The van der Waals surface area contributed by atoms with E-state index in [2.05, 4.69) is 16.3 Å². The maximum atomic E-state index is 8.65. The number of nitriles is 1. The van der Waals surface area contributed by atoms with Crippen molar-refractivity contribution in [3.05, 3.63) is 0 Å². The Morgan fingerprint density at radius 2 is 2.53 bits per heavy atom. The van der Waals surface area contributed by atoms with Gasteiger partial charge in [0, 0.05) is 19.1 Å². The van der Waals surface area contributed by atoms with E-state index in [9.17, 15) is 0 Å². The van der Waals surface area contributed by atoms with Crippen molar-refractivity contribution in [1.82, 2.24) is 10.2 Å². The minimum Gasteiger partial charge on any atom is -0.374 e. The number of hydrogen-bond acceptors (Lipinski definition) is 4. The molecule has 4 heteroatoms. The van der Waals surface area contributed by atoms with Crippen LogP contribution in [0.5, 0.6) is 0 Å². The van der Waals surface area contributed by atoms with Crippen molar-refractivity contribution in [2.24, 2.45) is 0 Å². The molecule has 2 fully saturated rings. The predicted molar refractivity (Wildman–Crippen MR) is 57.4 cm³/mol. The number of nitrogens with one attached hydrogen (secondary N) is 1. The van der Waals surface area contributed by atoms with E-state index < -0.39 is 0 Å². The SMILES string of the molecule is CC(C#N)NCC1CN2CCCC2CO1. The largest absolute Gasteiger partial charge is 0.374 e. The quantitative estimate of drug-likeness (QED) is 0.728. The number of nitrogens with zero attached hydrogens (tertiary/aromatic N) is 2. The Labute approximate surface area is 91.2 Å². The van der Waals surface area contributed by atoms with Crippen LogP contribution in [0.1, 0.15) is 19.8 Å². The topological polar surface area (TPSA) is 48.3 Å². The van der Waals surface area contributed by atoms with Crippen LogP contribution >= 0.6 is 0 Å². The van der Waals surface area contributed by atoms with Gasteiger partial charge in [0.1, 0.15) is 0 Å². The van der Waals surface area contributed by atoms with Gasteiger partial charge < -0.3 is 4.74 Å². The first-order valence-electron chi connectivity index (χ1n) is 5.78. The molecule has 2 rings (SSSR count). The molecule has 2 aliphatic heterocycles. The molecule has 0 radical (unpaired) electrons. The molecule has 84 valence electrons. The van der Waals surface area contributed by atoms with Gasteiger partial charge in [0.2, 0.25) is 0 Å². The Morgan fingerprint density at radius 3 is 3.33 bits per heavy atom. The molecule has 0 spiro atoms. The zero-order chi connectivity index (χ0) is 10.7. The average Bonchev–Trinajstić information content (AvgIpc) is 2.72. The second-order valence-electron chi connectivity index (χ2n) is 4.51. The van der Waals surface area contributed by atoms with E-state index in [1.165, 1.54) is 19.4 Å². The Hall–Kier alpha value is -0.630. The number of hydrogen-bond donors (Lipinski definition) is 1. The molecule has 3 atom stereocenters. The summed E-state index contributed by atoms with van der Waals surface area (Å²) < 4.78 is 5.77. The molecule has 0 aromatic heterocycles. The molecule has 0 bridgehead atoms. The number of morpholine rings is 1. The highest BCUT2D eigenvalue weighted by atomic mass is 16.5. The summed E-state index contributed by atoms with van der Waals surface area (Å²) in [5, 5.41) is 11.8. The van der Waals surface area contributed by atoms with Crippen molar-refractivity contribution in [3.63, 3.8) is 0 Å². The first-order valence-corrected chi connectivity index (χ1v) is 5.78. The predicted octanol–water partition coefficient (Wildman–Crippen LogP) is 0.351. The van der Waals surface area contributed by atoms with Crippen molar-refractivity contribution in [1.29, 1.82) is 5.26 Å². The summed E-state index contributed by atoms with van der Waals surface area (Å²) in [6.45, 7) is 5.78. The third-order valence-corrected chi connectivity index (χ3v) is 3.31. The Balaban J connectivity index is 1.73. The zero-order valence-electron chi connectivity index (χ0n) is 9.28. The molecule has 3 unspecified atom stereocenters. The van der Waals surface area contributed by atoms with E-state index in [1.807, 2.05) is 6.92 Å². The Morgan fingerprint density at radius 1 is 1.67 bits per heavy atom. The monoisotopic (exact) mass is 209 g/mol. The lowest BCUT2D eigenvalue weighted by Gasteiger charge is -2.35. The van der Waals surface area contributed by atoms with Crippen molar-refractivity contribution < 1.29 is 4.74 Å². The molecule has 2 aliphatic rings. The highest BCUT2D eigenvalue weighted by molar-refractivity contribution is 4.89. The van der Waals surface area contributed by atoms with Crippen LogP contribution in [0, 0.1) is 11.3 Å². The molecule has 2 saturated heterocycles. The van der Waals surface area contributed by atoms with Crippen molar-refractivity contribution in [2.75, 3.05) is 26.2 Å². The summed E-state index contributed by atoms with van der Waals surface area (Å²) in [4.78, 5) is 2.52. The summed E-state index contributed by atoms with van der Waals surface area (Å²) in [5.41, 5.74) is 0. The molecule has 1 N–H and O–H groups in total. The maximum absolute atomic E-state index is 8.65. The van der Waals surface area contributed by atoms with Gasteiger partial charge in [0.15, 0.2) is 0 Å². The Bertz CT molecular complexity index is 251. The number of ether oxygens (including phenoxy) is 1. The van der Waals surface area contributed by atoms with Crippen molar-refractivity contribution in [3.8, 4) is 6.07 Å². The fourth-order valence-electron chi connectivity index (χ4n) is 2.36. The van der Waals surface area contributed by atoms with Crippen LogP contribution in [0.15, 0.2) is 0 Å². The second kappa shape index (κ2) is 4.93. The number of rotatable bonds is 3. The molecule has 15 heavy (non-hydrogen) atoms. The van der Waals surface area contributed by atoms with Crippen LogP contribution < -0.4 is 5.32 Å². The van der Waals surface area contributed by atoms with Crippen LogP contribution in [-0.4, -0.2) is 49.3 Å². The van der Waals surface area contributed by atoms with Crippen LogP contribution in [0.3, 0.4) is 0 Å². The van der Waals surface area contributed by atoms with Gasteiger partial charge in [-0.3, -0.25) is 10.2 Å². The van der Waals surface area contributed by atoms with Crippen molar-refractivity contribution in [2.45, 2.75) is 38.0 Å². The molecular weight excluding hydrogens is 190 g/mol. The zero-order valence-corrected chi connectivity index (χ0v) is 9.28. The molecule has 0 aromatic rings. The fraction of sp³-hybridized carbons (Fsp3) is 0.909. The average molecular weight is 209 g/mol. The molecule has 0 saturated carbocycles. The van der Waals surface area contributed by atoms with Gasteiger partial charge in [0.05, 0.1) is 24.8 Å². The van der Waals surface area contributed by atoms with Crippen LogP contribution in [0.2, 0.25) is 0 Å². The maximum Gasteiger partial charge on any atom is 0.0925 e. The summed E-state index contributed by atoms with van der Waals surface area (Å²) in [6, 6.07) is 2.75. The van der Waals surface area contributed by atoms with Crippen LogP contribution in [0.25, 0.3) is 0 Å². The first-order chi connectivity index (χ1) is 7.29. The van der Waals surface area contributed by atoms with Crippen LogP contribution in [0.4, 0.5) is 0 Å². The highest BCUT2D eigenvalue weighted by Crippen LogP contribution is 2.22. The van der Waals surface area contributed by atoms with E-state index in [-0.39, 0.29) is 12.1 Å². The lowest BCUT2D eigenvalue weighted by atomic mass is 10.2. The van der Waals surface area contributed by atoms with Gasteiger partial charge in [0.25, 0.3) is 0 Å². The lowest BCUT2D eigenvalue weighted by Crippen LogP contribution is -2.50. The molecular formula is C11H19N3O. The van der Waals surface area contributed by atoms with E-state index in [0.29, 0.717) is 6.04 Å². The minimum absolute atomic E-state index is 0.0788. The second-order valence-corrected chi connectivity index (χ2v) is 4.51. The molecule has 0 aliphatic carbocycles. The third kappa shape index (κ3) is 2.69. The highest BCUT2D eigenvalue weighted by Gasteiger charge is 2.31. The lowest BCUT2D eigenvalue weighted by molar-refractivity contribution is -0.0472. The van der Waals surface area contributed by atoms with Gasteiger partial charge in [-0.1, -0.05) is 0 Å². The summed E-state index contributed by atoms with van der Waals surface area (Å²) in [7, 11) is 0. The normalized spacial score (nSPS) is 33.3. The van der Waals surface area contributed by atoms with Crippen LogP contribution in [-0.2, 0) is 4.74 Å². The van der Waals surface area contributed by atoms with Gasteiger partial charge >= 0.3 is 0 Å². The summed E-state index contributed by atoms with van der Waals surface area (Å²) >= 11 is 0. The molecule has 0 amide bonds. The van der Waals surface area contributed by atoms with Gasteiger partial charge in [-0.15, -0.1) is 0 Å². The minimum atomic E-state index is -0.0788. The third-order valence-electron chi connectivity index (χ3n) is 3.31. The van der Waals surface area contributed by atoms with Gasteiger partial charge in [-0.05, 0) is 26.3 Å². The van der Waals surface area contributed by atoms with E-state index in [4.69, 9.17) is 10.00 Å².